The van der Waals surface area contributed by atoms with Crippen LogP contribution >= 0.6 is 22.9 Å². The van der Waals surface area contributed by atoms with Crippen molar-refractivity contribution in [3.05, 3.63) is 46.2 Å². The zero-order valence-electron chi connectivity index (χ0n) is 11.5. The van der Waals surface area contributed by atoms with Crippen LogP contribution in [-0.2, 0) is 17.8 Å². The van der Waals surface area contributed by atoms with E-state index in [1.54, 1.807) is 16.2 Å². The van der Waals surface area contributed by atoms with Gasteiger partial charge in [0.2, 0.25) is 5.91 Å². The second-order valence-electron chi connectivity index (χ2n) is 4.94. The van der Waals surface area contributed by atoms with Gasteiger partial charge >= 0.3 is 0 Å². The number of halogens is 1. The lowest BCUT2D eigenvalue weighted by atomic mass is 10.1. The van der Waals surface area contributed by atoms with Gasteiger partial charge in [0.05, 0.1) is 13.2 Å². The van der Waals surface area contributed by atoms with Crippen molar-refractivity contribution in [2.24, 2.45) is 0 Å². The number of benzene rings is 1. The molecule has 110 valence electrons. The van der Waals surface area contributed by atoms with Gasteiger partial charge in [-0.05, 0) is 48.1 Å². The number of carbonyl (C=O) groups is 1. The zero-order chi connectivity index (χ0) is 14.7. The third kappa shape index (κ3) is 3.22. The second kappa shape index (κ2) is 6.50. The number of thiophene rings is 1. The number of rotatable bonds is 4. The van der Waals surface area contributed by atoms with Crippen LogP contribution in [0.25, 0.3) is 0 Å². The predicted molar refractivity (Wildman–Crippen MR) is 86.5 cm³/mol. The molecular weight excluding hydrogens is 306 g/mol. The van der Waals surface area contributed by atoms with Crippen LogP contribution < -0.4 is 9.64 Å². The van der Waals surface area contributed by atoms with Crippen molar-refractivity contribution >= 4 is 34.5 Å². The summed E-state index contributed by atoms with van der Waals surface area (Å²) >= 11 is 7.41. The van der Waals surface area contributed by atoms with E-state index in [0.717, 1.165) is 41.3 Å². The summed E-state index contributed by atoms with van der Waals surface area (Å²) in [5.74, 6) is 0.833. The van der Waals surface area contributed by atoms with E-state index in [0.29, 0.717) is 6.54 Å². The van der Waals surface area contributed by atoms with E-state index < -0.39 is 0 Å². The number of aryl methyl sites for hydroxylation is 1. The molecule has 1 amide bonds. The highest BCUT2D eigenvalue weighted by molar-refractivity contribution is 7.09. The Bertz CT molecular complexity index is 627. The van der Waals surface area contributed by atoms with Gasteiger partial charge < -0.3 is 9.64 Å². The molecule has 1 aliphatic heterocycles. The van der Waals surface area contributed by atoms with Gasteiger partial charge in [-0.1, -0.05) is 6.07 Å². The molecule has 0 radical (unpaired) electrons. The average molecular weight is 322 g/mol. The number of alkyl halides is 1. The summed E-state index contributed by atoms with van der Waals surface area (Å²) in [6, 6.07) is 9.95. The maximum absolute atomic E-state index is 12.2. The first-order valence-electron chi connectivity index (χ1n) is 6.92. The number of hydrogen-bond donors (Lipinski definition) is 0. The average Bonchev–Trinajstić information content (AvgIpc) is 3.04. The van der Waals surface area contributed by atoms with E-state index in [1.807, 2.05) is 35.7 Å². The molecule has 1 aromatic carbocycles. The fourth-order valence-electron chi connectivity index (χ4n) is 2.47. The van der Waals surface area contributed by atoms with Gasteiger partial charge in [-0.2, -0.15) is 0 Å². The Hall–Kier alpha value is -1.52. The van der Waals surface area contributed by atoms with Crippen molar-refractivity contribution < 1.29 is 9.53 Å². The molecule has 21 heavy (non-hydrogen) atoms. The molecule has 0 fully saturated rings. The SMILES string of the molecule is O=C(CCl)N(Cc1cccs1)c1ccc2c(c1)CCCO2. The van der Waals surface area contributed by atoms with Gasteiger partial charge in [0, 0.05) is 10.6 Å². The Balaban J connectivity index is 1.90. The molecule has 2 heterocycles. The molecule has 0 saturated carbocycles. The van der Waals surface area contributed by atoms with Crippen LogP contribution in [0.15, 0.2) is 35.7 Å². The highest BCUT2D eigenvalue weighted by Crippen LogP contribution is 2.30. The third-order valence-corrected chi connectivity index (χ3v) is 4.60. The van der Waals surface area contributed by atoms with E-state index >= 15 is 0 Å². The van der Waals surface area contributed by atoms with Gasteiger partial charge in [-0.25, -0.2) is 0 Å². The molecule has 0 unspecified atom stereocenters. The molecule has 1 aliphatic rings. The molecule has 3 rings (SSSR count). The molecular formula is C16H16ClNO2S. The van der Waals surface area contributed by atoms with Gasteiger partial charge in [0.15, 0.2) is 0 Å². The standard InChI is InChI=1S/C16H16ClNO2S/c17-10-16(19)18(11-14-4-2-8-21-14)13-5-6-15-12(9-13)3-1-7-20-15/h2,4-6,8-9H,1,3,7,10-11H2. The lowest BCUT2D eigenvalue weighted by Gasteiger charge is -2.24. The predicted octanol–water partition coefficient (Wildman–Crippen LogP) is 3.85. The Kier molecular flexibility index (Phi) is 4.46. The minimum Gasteiger partial charge on any atom is -0.493 e. The first-order chi connectivity index (χ1) is 10.3. The number of hydrogen-bond acceptors (Lipinski definition) is 3. The van der Waals surface area contributed by atoms with E-state index in [1.165, 1.54) is 0 Å². The van der Waals surface area contributed by atoms with Crippen LogP contribution in [0.1, 0.15) is 16.9 Å². The molecule has 0 bridgehead atoms. The van der Waals surface area contributed by atoms with Crippen molar-refractivity contribution in [1.29, 1.82) is 0 Å². The van der Waals surface area contributed by atoms with Crippen molar-refractivity contribution in [3.63, 3.8) is 0 Å². The Morgan fingerprint density at radius 1 is 1.38 bits per heavy atom. The maximum atomic E-state index is 12.2. The molecule has 0 spiro atoms. The summed E-state index contributed by atoms with van der Waals surface area (Å²) in [4.78, 5) is 15.1. The summed E-state index contributed by atoms with van der Waals surface area (Å²) in [5.41, 5.74) is 2.05. The summed E-state index contributed by atoms with van der Waals surface area (Å²) < 4.78 is 5.62. The fourth-order valence-corrected chi connectivity index (χ4v) is 3.31. The second-order valence-corrected chi connectivity index (χ2v) is 6.24. The molecule has 2 aromatic rings. The summed E-state index contributed by atoms with van der Waals surface area (Å²) in [5, 5.41) is 2.01. The first-order valence-corrected chi connectivity index (χ1v) is 8.34. The van der Waals surface area contributed by atoms with Crippen LogP contribution in [-0.4, -0.2) is 18.4 Å². The van der Waals surface area contributed by atoms with E-state index in [2.05, 4.69) is 0 Å². The molecule has 0 atom stereocenters. The Labute approximate surface area is 133 Å². The number of nitrogens with zero attached hydrogens (tertiary/aromatic N) is 1. The van der Waals surface area contributed by atoms with Crippen molar-refractivity contribution in [3.8, 4) is 5.75 Å². The quantitative estimate of drug-likeness (QED) is 0.801. The minimum absolute atomic E-state index is 0.0149. The molecule has 0 saturated heterocycles. The van der Waals surface area contributed by atoms with E-state index in [4.69, 9.17) is 16.3 Å². The number of anilines is 1. The van der Waals surface area contributed by atoms with Crippen LogP contribution in [0.4, 0.5) is 5.69 Å². The van der Waals surface area contributed by atoms with Gasteiger partial charge in [-0.3, -0.25) is 4.79 Å². The smallest absolute Gasteiger partial charge is 0.242 e. The molecule has 0 N–H and O–H groups in total. The van der Waals surface area contributed by atoms with Crippen molar-refractivity contribution in [2.75, 3.05) is 17.4 Å². The molecule has 5 heteroatoms. The summed E-state index contributed by atoms with van der Waals surface area (Å²) in [6.07, 6.45) is 2.01. The van der Waals surface area contributed by atoms with Crippen LogP contribution in [0.5, 0.6) is 5.75 Å². The van der Waals surface area contributed by atoms with Crippen LogP contribution in [0.3, 0.4) is 0 Å². The largest absolute Gasteiger partial charge is 0.493 e. The topological polar surface area (TPSA) is 29.5 Å². The molecule has 3 nitrogen and oxygen atoms in total. The number of fused-ring (bicyclic) bond motifs is 1. The summed E-state index contributed by atoms with van der Waals surface area (Å²) in [6.45, 7) is 1.33. The zero-order valence-corrected chi connectivity index (χ0v) is 13.1. The highest BCUT2D eigenvalue weighted by Gasteiger charge is 2.18. The van der Waals surface area contributed by atoms with Crippen molar-refractivity contribution in [1.82, 2.24) is 0 Å². The lowest BCUT2D eigenvalue weighted by Crippen LogP contribution is -2.31. The first kappa shape index (κ1) is 14.4. The van der Waals surface area contributed by atoms with Gasteiger partial charge in [0.25, 0.3) is 0 Å². The molecule has 1 aromatic heterocycles. The van der Waals surface area contributed by atoms with E-state index in [-0.39, 0.29) is 11.8 Å². The van der Waals surface area contributed by atoms with Gasteiger partial charge in [-0.15, -0.1) is 22.9 Å². The molecule has 0 aliphatic carbocycles. The maximum Gasteiger partial charge on any atom is 0.242 e. The normalized spacial score (nSPS) is 13.4. The van der Waals surface area contributed by atoms with Crippen molar-refractivity contribution in [2.45, 2.75) is 19.4 Å². The minimum atomic E-state index is -0.0817. The monoisotopic (exact) mass is 321 g/mol. The Morgan fingerprint density at radius 2 is 2.29 bits per heavy atom. The van der Waals surface area contributed by atoms with E-state index in [9.17, 15) is 4.79 Å². The third-order valence-electron chi connectivity index (χ3n) is 3.51. The van der Waals surface area contributed by atoms with Gasteiger partial charge in [0.1, 0.15) is 11.6 Å². The number of carbonyl (C=O) groups excluding carboxylic acids is 1. The Morgan fingerprint density at radius 3 is 3.05 bits per heavy atom. The number of ether oxygens (including phenoxy) is 1. The number of amides is 1. The fraction of sp³-hybridized carbons (Fsp3) is 0.312. The lowest BCUT2D eigenvalue weighted by molar-refractivity contribution is -0.116. The highest BCUT2D eigenvalue weighted by atomic mass is 35.5. The van der Waals surface area contributed by atoms with Crippen LogP contribution in [0, 0.1) is 0 Å². The van der Waals surface area contributed by atoms with Crippen LogP contribution in [0.2, 0.25) is 0 Å². The summed E-state index contributed by atoms with van der Waals surface area (Å²) in [7, 11) is 0.